The number of hydrogen-bond acceptors (Lipinski definition) is 1. The molecule has 0 spiro atoms. The largest absolute Gasteiger partial charge is 0.387 e. The summed E-state index contributed by atoms with van der Waals surface area (Å²) in [6.45, 7) is 2.17. The lowest BCUT2D eigenvalue weighted by Crippen LogP contribution is -1.97. The average Bonchev–Trinajstić information content (AvgIpc) is 2.56. The smallest absolute Gasteiger partial charge is 0.0937 e. The van der Waals surface area contributed by atoms with Gasteiger partial charge < -0.3 is 10.1 Å². The van der Waals surface area contributed by atoms with Gasteiger partial charge in [0.15, 0.2) is 0 Å². The van der Waals surface area contributed by atoms with E-state index in [4.69, 9.17) is 0 Å². The fraction of sp³-hybridized carbons (Fsp3) is 0.600. The first-order valence-electron chi connectivity index (χ1n) is 4.66. The van der Waals surface area contributed by atoms with Crippen LogP contribution in [0, 0.1) is 0 Å². The number of hydrogen-bond donors (Lipinski definition) is 2. The minimum absolute atomic E-state index is 0.299. The molecule has 0 radical (unpaired) electrons. The van der Waals surface area contributed by atoms with Gasteiger partial charge in [-0.3, -0.25) is 0 Å². The van der Waals surface area contributed by atoms with E-state index in [9.17, 15) is 5.11 Å². The molecule has 1 rings (SSSR count). The number of aliphatic hydroxyl groups is 1. The van der Waals surface area contributed by atoms with Crippen molar-refractivity contribution in [1.29, 1.82) is 0 Å². The predicted octanol–water partition coefficient (Wildman–Crippen LogP) is 2.63. The van der Waals surface area contributed by atoms with Crippen LogP contribution in [0.4, 0.5) is 0 Å². The van der Waals surface area contributed by atoms with Crippen LogP contribution in [0.25, 0.3) is 0 Å². The fourth-order valence-corrected chi connectivity index (χ4v) is 1.29. The van der Waals surface area contributed by atoms with Gasteiger partial charge in [-0.2, -0.15) is 0 Å². The second-order valence-electron chi connectivity index (χ2n) is 3.14. The maximum atomic E-state index is 9.60. The van der Waals surface area contributed by atoms with E-state index in [0.717, 1.165) is 18.5 Å². The first-order valence-corrected chi connectivity index (χ1v) is 4.66. The van der Waals surface area contributed by atoms with E-state index < -0.39 is 0 Å². The Morgan fingerprint density at radius 1 is 1.50 bits per heavy atom. The van der Waals surface area contributed by atoms with Crippen LogP contribution in [0.5, 0.6) is 0 Å². The Hall–Kier alpha value is -0.760. The van der Waals surface area contributed by atoms with Crippen molar-refractivity contribution in [2.45, 2.75) is 38.7 Å². The molecule has 1 heterocycles. The molecule has 12 heavy (non-hydrogen) atoms. The molecular weight excluding hydrogens is 150 g/mol. The summed E-state index contributed by atoms with van der Waals surface area (Å²) in [5.74, 6) is 0. The molecule has 0 aliphatic rings. The van der Waals surface area contributed by atoms with Gasteiger partial charge in [-0.25, -0.2) is 0 Å². The zero-order chi connectivity index (χ0) is 8.81. The van der Waals surface area contributed by atoms with Crippen molar-refractivity contribution in [2.24, 2.45) is 0 Å². The van der Waals surface area contributed by atoms with Crippen LogP contribution in [0.15, 0.2) is 18.3 Å². The summed E-state index contributed by atoms with van der Waals surface area (Å²) in [4.78, 5) is 3.01. The number of unbranched alkanes of at least 4 members (excludes halogenated alkanes) is 2. The van der Waals surface area contributed by atoms with E-state index in [2.05, 4.69) is 11.9 Å². The van der Waals surface area contributed by atoms with Gasteiger partial charge in [0, 0.05) is 11.9 Å². The third-order valence-corrected chi connectivity index (χ3v) is 2.06. The molecule has 1 aromatic heterocycles. The summed E-state index contributed by atoms with van der Waals surface area (Å²) in [5, 5.41) is 9.60. The maximum absolute atomic E-state index is 9.60. The second-order valence-corrected chi connectivity index (χ2v) is 3.14. The fourth-order valence-electron chi connectivity index (χ4n) is 1.29. The zero-order valence-electron chi connectivity index (χ0n) is 7.59. The summed E-state index contributed by atoms with van der Waals surface area (Å²) in [7, 11) is 0. The van der Waals surface area contributed by atoms with Crippen LogP contribution in [0.3, 0.4) is 0 Å². The lowest BCUT2D eigenvalue weighted by Gasteiger charge is -2.07. The molecule has 2 nitrogen and oxygen atoms in total. The maximum Gasteiger partial charge on any atom is 0.0937 e. The molecule has 1 aromatic rings. The Morgan fingerprint density at radius 3 is 2.92 bits per heavy atom. The van der Waals surface area contributed by atoms with Gasteiger partial charge in [-0.15, -0.1) is 0 Å². The Bertz CT molecular complexity index is 194. The highest BCUT2D eigenvalue weighted by Crippen LogP contribution is 2.17. The highest BCUT2D eigenvalue weighted by Gasteiger charge is 2.06. The van der Waals surface area contributed by atoms with Crippen molar-refractivity contribution in [3.63, 3.8) is 0 Å². The Labute approximate surface area is 73.6 Å². The Balaban J connectivity index is 2.25. The SMILES string of the molecule is CCCCCC(O)c1ccc[nH]1. The van der Waals surface area contributed by atoms with Crippen molar-refractivity contribution in [3.05, 3.63) is 24.0 Å². The van der Waals surface area contributed by atoms with E-state index in [1.807, 2.05) is 18.3 Å². The molecule has 0 bridgehead atoms. The number of nitrogens with one attached hydrogen (secondary N) is 1. The van der Waals surface area contributed by atoms with Gasteiger partial charge in [0.2, 0.25) is 0 Å². The van der Waals surface area contributed by atoms with Gasteiger partial charge >= 0.3 is 0 Å². The molecule has 0 aliphatic carbocycles. The highest BCUT2D eigenvalue weighted by molar-refractivity contribution is 5.06. The van der Waals surface area contributed by atoms with E-state index in [0.29, 0.717) is 0 Å². The third kappa shape index (κ3) is 2.70. The summed E-state index contributed by atoms with van der Waals surface area (Å²) >= 11 is 0. The number of aromatic nitrogens is 1. The molecule has 0 fully saturated rings. The highest BCUT2D eigenvalue weighted by atomic mass is 16.3. The predicted molar refractivity (Wildman–Crippen MR) is 49.9 cm³/mol. The molecule has 1 unspecified atom stereocenters. The van der Waals surface area contributed by atoms with Crippen LogP contribution in [0.2, 0.25) is 0 Å². The molecule has 0 aliphatic heterocycles. The van der Waals surface area contributed by atoms with E-state index in [-0.39, 0.29) is 6.10 Å². The molecule has 68 valence electrons. The summed E-state index contributed by atoms with van der Waals surface area (Å²) in [5.41, 5.74) is 0.936. The second kappa shape index (κ2) is 4.99. The quantitative estimate of drug-likeness (QED) is 0.650. The number of H-pyrrole nitrogens is 1. The normalized spacial score (nSPS) is 13.2. The number of rotatable bonds is 5. The lowest BCUT2D eigenvalue weighted by molar-refractivity contribution is 0.159. The van der Waals surface area contributed by atoms with Crippen molar-refractivity contribution in [3.8, 4) is 0 Å². The number of aliphatic hydroxyl groups excluding tert-OH is 1. The van der Waals surface area contributed by atoms with Crippen LogP contribution in [-0.2, 0) is 0 Å². The minimum atomic E-state index is -0.299. The van der Waals surface area contributed by atoms with E-state index >= 15 is 0 Å². The van der Waals surface area contributed by atoms with E-state index in [1.54, 1.807) is 0 Å². The van der Waals surface area contributed by atoms with Crippen molar-refractivity contribution >= 4 is 0 Å². The van der Waals surface area contributed by atoms with E-state index in [1.165, 1.54) is 12.8 Å². The summed E-state index contributed by atoms with van der Waals surface area (Å²) in [6, 6.07) is 3.84. The molecule has 0 saturated carbocycles. The van der Waals surface area contributed by atoms with Crippen LogP contribution in [-0.4, -0.2) is 10.1 Å². The molecule has 0 saturated heterocycles. The van der Waals surface area contributed by atoms with Gasteiger partial charge in [0.25, 0.3) is 0 Å². The van der Waals surface area contributed by atoms with Gasteiger partial charge in [0.1, 0.15) is 0 Å². The molecular formula is C10H17NO. The molecule has 2 heteroatoms. The third-order valence-electron chi connectivity index (χ3n) is 2.06. The monoisotopic (exact) mass is 167 g/mol. The molecule has 0 aromatic carbocycles. The van der Waals surface area contributed by atoms with Gasteiger partial charge in [-0.1, -0.05) is 26.2 Å². The van der Waals surface area contributed by atoms with Gasteiger partial charge in [0.05, 0.1) is 6.10 Å². The lowest BCUT2D eigenvalue weighted by atomic mass is 10.1. The minimum Gasteiger partial charge on any atom is -0.387 e. The summed E-state index contributed by atoms with van der Waals surface area (Å²) < 4.78 is 0. The first-order chi connectivity index (χ1) is 5.84. The van der Waals surface area contributed by atoms with Crippen molar-refractivity contribution < 1.29 is 5.11 Å². The van der Waals surface area contributed by atoms with Crippen LogP contribution < -0.4 is 0 Å². The van der Waals surface area contributed by atoms with Gasteiger partial charge in [-0.05, 0) is 18.6 Å². The van der Waals surface area contributed by atoms with Crippen LogP contribution in [0.1, 0.15) is 44.4 Å². The van der Waals surface area contributed by atoms with Crippen LogP contribution >= 0.6 is 0 Å². The first kappa shape index (κ1) is 9.33. The Morgan fingerprint density at radius 2 is 2.33 bits per heavy atom. The molecule has 0 amide bonds. The molecule has 2 N–H and O–H groups in total. The summed E-state index contributed by atoms with van der Waals surface area (Å²) in [6.07, 6.45) is 5.94. The average molecular weight is 167 g/mol. The standard InChI is InChI=1S/C10H17NO/c1-2-3-4-7-10(12)9-6-5-8-11-9/h5-6,8,10-12H,2-4,7H2,1H3. The van der Waals surface area contributed by atoms with Crippen molar-refractivity contribution in [1.82, 2.24) is 4.98 Å². The Kier molecular flexibility index (Phi) is 3.88. The van der Waals surface area contributed by atoms with Crippen molar-refractivity contribution in [2.75, 3.05) is 0 Å². The molecule has 1 atom stereocenters. The number of aromatic amines is 1. The topological polar surface area (TPSA) is 36.0 Å². The zero-order valence-corrected chi connectivity index (χ0v) is 7.59.